The molecule has 0 fully saturated rings. The molecule has 0 saturated heterocycles. The number of allylic oxidation sites excluding steroid dienone is 1. The summed E-state index contributed by atoms with van der Waals surface area (Å²) in [6.45, 7) is 0. The smallest absolute Gasteiger partial charge is 0.185 e. The fraction of sp³-hybridized carbons (Fsp3) is 0. The van der Waals surface area contributed by atoms with E-state index in [1.54, 1.807) is 18.2 Å². The van der Waals surface area contributed by atoms with Crippen molar-refractivity contribution in [1.82, 2.24) is 0 Å². The van der Waals surface area contributed by atoms with Gasteiger partial charge in [0.25, 0.3) is 0 Å². The van der Waals surface area contributed by atoms with Crippen LogP contribution in [0.15, 0.2) is 78.9 Å². The third kappa shape index (κ3) is 3.94. The number of carbonyl (C=O) groups is 1. The van der Waals surface area contributed by atoms with Crippen molar-refractivity contribution in [3.05, 3.63) is 100 Å². The Balaban J connectivity index is 1.75. The van der Waals surface area contributed by atoms with Gasteiger partial charge in [0.2, 0.25) is 0 Å². The molecule has 0 heterocycles. The monoisotopic (exact) mass is 352 g/mol. The van der Waals surface area contributed by atoms with Gasteiger partial charge in [-0.3, -0.25) is 4.79 Å². The molecule has 3 rings (SSSR count). The maximum Gasteiger partial charge on any atom is 0.185 e. The van der Waals surface area contributed by atoms with Crippen LogP contribution >= 0.6 is 23.2 Å². The second-order valence-electron chi connectivity index (χ2n) is 5.31. The summed E-state index contributed by atoms with van der Waals surface area (Å²) < 4.78 is 0. The van der Waals surface area contributed by atoms with Crippen LogP contribution in [0.4, 0.5) is 0 Å². The zero-order chi connectivity index (χ0) is 16.9. The van der Waals surface area contributed by atoms with Crippen molar-refractivity contribution in [2.24, 2.45) is 0 Å². The lowest BCUT2D eigenvalue weighted by atomic mass is 10.0. The van der Waals surface area contributed by atoms with Gasteiger partial charge >= 0.3 is 0 Å². The highest BCUT2D eigenvalue weighted by molar-refractivity contribution is 6.42. The van der Waals surface area contributed by atoms with Crippen molar-refractivity contribution < 1.29 is 4.79 Å². The average Bonchev–Trinajstić information content (AvgIpc) is 2.63. The minimum Gasteiger partial charge on any atom is -0.289 e. The molecule has 3 aromatic rings. The van der Waals surface area contributed by atoms with Crippen molar-refractivity contribution in [1.29, 1.82) is 0 Å². The van der Waals surface area contributed by atoms with Crippen LogP contribution in [0.2, 0.25) is 10.0 Å². The molecule has 0 unspecified atom stereocenters. The lowest BCUT2D eigenvalue weighted by Gasteiger charge is -2.02. The second kappa shape index (κ2) is 7.48. The van der Waals surface area contributed by atoms with E-state index >= 15 is 0 Å². The van der Waals surface area contributed by atoms with Crippen LogP contribution in [0.5, 0.6) is 0 Å². The number of rotatable bonds is 4. The van der Waals surface area contributed by atoms with Crippen LogP contribution in [-0.4, -0.2) is 5.78 Å². The van der Waals surface area contributed by atoms with Crippen molar-refractivity contribution in [2.75, 3.05) is 0 Å². The quantitative estimate of drug-likeness (QED) is 0.384. The van der Waals surface area contributed by atoms with E-state index < -0.39 is 0 Å². The molecule has 0 saturated carbocycles. The van der Waals surface area contributed by atoms with Crippen LogP contribution in [0, 0.1) is 0 Å². The summed E-state index contributed by atoms with van der Waals surface area (Å²) in [6.07, 6.45) is 3.27. The maximum atomic E-state index is 12.3. The molecule has 0 aliphatic carbocycles. The fourth-order valence-corrected chi connectivity index (χ4v) is 2.65. The van der Waals surface area contributed by atoms with Gasteiger partial charge in [0.1, 0.15) is 0 Å². The van der Waals surface area contributed by atoms with Gasteiger partial charge in [-0.15, -0.1) is 0 Å². The first-order valence-electron chi connectivity index (χ1n) is 7.46. The van der Waals surface area contributed by atoms with Crippen LogP contribution in [0.1, 0.15) is 15.9 Å². The van der Waals surface area contributed by atoms with E-state index in [4.69, 9.17) is 23.2 Å². The molecule has 0 radical (unpaired) electrons. The summed E-state index contributed by atoms with van der Waals surface area (Å²) in [5.74, 6) is -0.0549. The average molecular weight is 353 g/mol. The number of hydrogen-bond acceptors (Lipinski definition) is 1. The molecule has 0 aromatic heterocycles. The minimum absolute atomic E-state index is 0.0549. The molecule has 0 aliphatic heterocycles. The molecule has 3 aromatic carbocycles. The molecule has 3 heteroatoms. The van der Waals surface area contributed by atoms with Gasteiger partial charge < -0.3 is 0 Å². The summed E-state index contributed by atoms with van der Waals surface area (Å²) in [7, 11) is 0. The summed E-state index contributed by atoms with van der Waals surface area (Å²) in [5.41, 5.74) is 3.69. The third-order valence-electron chi connectivity index (χ3n) is 3.65. The topological polar surface area (TPSA) is 17.1 Å². The number of halogens is 2. The summed E-state index contributed by atoms with van der Waals surface area (Å²) in [4.78, 5) is 12.3. The lowest BCUT2D eigenvalue weighted by Crippen LogP contribution is -1.93. The number of ketones is 1. The van der Waals surface area contributed by atoms with E-state index in [0.717, 1.165) is 16.7 Å². The Morgan fingerprint density at radius 3 is 2.08 bits per heavy atom. The summed E-state index contributed by atoms with van der Waals surface area (Å²) in [5, 5.41) is 0.968. The minimum atomic E-state index is -0.0549. The van der Waals surface area contributed by atoms with Crippen molar-refractivity contribution in [3.63, 3.8) is 0 Å². The van der Waals surface area contributed by atoms with Crippen molar-refractivity contribution in [2.45, 2.75) is 0 Å². The van der Waals surface area contributed by atoms with Crippen LogP contribution < -0.4 is 0 Å². The maximum absolute atomic E-state index is 12.3. The summed E-state index contributed by atoms with van der Waals surface area (Å²) >= 11 is 11.9. The SMILES string of the molecule is O=C(C=Cc1ccc(Cl)c(Cl)c1)c1ccc(-c2ccccc2)cc1. The van der Waals surface area contributed by atoms with Crippen molar-refractivity contribution >= 4 is 35.1 Å². The number of hydrogen-bond donors (Lipinski definition) is 0. The zero-order valence-electron chi connectivity index (χ0n) is 12.7. The second-order valence-corrected chi connectivity index (χ2v) is 6.13. The highest BCUT2D eigenvalue weighted by Gasteiger charge is 2.03. The van der Waals surface area contributed by atoms with Gasteiger partial charge in [-0.1, -0.05) is 89.9 Å². The molecule has 24 heavy (non-hydrogen) atoms. The highest BCUT2D eigenvalue weighted by atomic mass is 35.5. The van der Waals surface area contributed by atoms with E-state index in [1.165, 1.54) is 6.08 Å². The Morgan fingerprint density at radius 1 is 0.750 bits per heavy atom. The highest BCUT2D eigenvalue weighted by Crippen LogP contribution is 2.23. The largest absolute Gasteiger partial charge is 0.289 e. The van der Waals surface area contributed by atoms with E-state index in [0.29, 0.717) is 15.6 Å². The van der Waals surface area contributed by atoms with Gasteiger partial charge in [0.15, 0.2) is 5.78 Å². The van der Waals surface area contributed by atoms with Gasteiger partial charge in [-0.25, -0.2) is 0 Å². The van der Waals surface area contributed by atoms with Crippen LogP contribution in [-0.2, 0) is 0 Å². The van der Waals surface area contributed by atoms with E-state index in [2.05, 4.69) is 0 Å². The zero-order valence-corrected chi connectivity index (χ0v) is 14.3. The molecule has 0 aliphatic rings. The molecule has 118 valence electrons. The Bertz CT molecular complexity index is 881. The lowest BCUT2D eigenvalue weighted by molar-refractivity contribution is 0.104. The number of benzene rings is 3. The Kier molecular flexibility index (Phi) is 5.14. The molecule has 0 N–H and O–H groups in total. The van der Waals surface area contributed by atoms with E-state index in [-0.39, 0.29) is 5.78 Å². The van der Waals surface area contributed by atoms with Gasteiger partial charge in [-0.2, -0.15) is 0 Å². The fourth-order valence-electron chi connectivity index (χ4n) is 2.34. The predicted octanol–water partition coefficient (Wildman–Crippen LogP) is 6.56. The first-order chi connectivity index (χ1) is 11.6. The predicted molar refractivity (Wildman–Crippen MR) is 102 cm³/mol. The summed E-state index contributed by atoms with van der Waals surface area (Å²) in [6, 6.07) is 22.9. The Morgan fingerprint density at radius 2 is 1.42 bits per heavy atom. The van der Waals surface area contributed by atoms with Crippen LogP contribution in [0.25, 0.3) is 17.2 Å². The normalized spacial score (nSPS) is 10.9. The van der Waals surface area contributed by atoms with Gasteiger partial charge in [-0.05, 0) is 34.9 Å². The third-order valence-corrected chi connectivity index (χ3v) is 4.39. The molecule has 0 atom stereocenters. The van der Waals surface area contributed by atoms with Gasteiger partial charge in [0.05, 0.1) is 10.0 Å². The van der Waals surface area contributed by atoms with Crippen molar-refractivity contribution in [3.8, 4) is 11.1 Å². The van der Waals surface area contributed by atoms with Gasteiger partial charge in [0, 0.05) is 5.56 Å². The van der Waals surface area contributed by atoms with E-state index in [1.807, 2.05) is 60.7 Å². The first kappa shape index (κ1) is 16.5. The molecule has 0 bridgehead atoms. The number of carbonyl (C=O) groups excluding carboxylic acids is 1. The Hall–Kier alpha value is -2.35. The standard InChI is InChI=1S/C21H14Cl2O/c22-19-12-6-15(14-20(19)23)7-13-21(24)18-10-8-17(9-11-18)16-4-2-1-3-5-16/h1-14H. The molecular weight excluding hydrogens is 339 g/mol. The molecule has 0 amide bonds. The van der Waals surface area contributed by atoms with Crippen LogP contribution in [0.3, 0.4) is 0 Å². The molecule has 0 spiro atoms. The first-order valence-corrected chi connectivity index (χ1v) is 8.22. The molecular formula is C21H14Cl2O. The molecule has 1 nitrogen and oxygen atoms in total. The van der Waals surface area contributed by atoms with E-state index in [9.17, 15) is 4.79 Å². The Labute approximate surface area is 151 Å².